The van der Waals surface area contributed by atoms with Crippen LogP contribution in [0.3, 0.4) is 0 Å². The Bertz CT molecular complexity index is 614. The molecule has 0 aromatic heterocycles. The minimum Gasteiger partial charge on any atom is -0.490 e. The van der Waals surface area contributed by atoms with Crippen molar-refractivity contribution >= 4 is 17.7 Å². The van der Waals surface area contributed by atoms with Crippen LogP contribution in [-0.4, -0.2) is 36.1 Å². The van der Waals surface area contributed by atoms with Gasteiger partial charge in [0.1, 0.15) is 18.0 Å². The fraction of sp³-hybridized carbons (Fsp3) is 0.500. The maximum absolute atomic E-state index is 11.8. The number of halogens is 1. The van der Waals surface area contributed by atoms with E-state index in [1.165, 1.54) is 0 Å². The highest BCUT2D eigenvalue weighted by Gasteiger charge is 2.17. The lowest BCUT2D eigenvalue weighted by molar-refractivity contribution is 0.0515. The zero-order valence-electron chi connectivity index (χ0n) is 14.5. The van der Waals surface area contributed by atoms with E-state index in [4.69, 9.17) is 26.2 Å². The molecule has 1 amide bonds. The average Bonchev–Trinajstić information content (AvgIpc) is 2.48. The predicted octanol–water partition coefficient (Wildman–Crippen LogP) is 3.37. The number of carbonyl (C=O) groups is 1. The highest BCUT2D eigenvalue weighted by Crippen LogP contribution is 2.22. The Balaban J connectivity index is 2.85. The van der Waals surface area contributed by atoms with Crippen molar-refractivity contribution < 1.29 is 19.4 Å². The van der Waals surface area contributed by atoms with Crippen molar-refractivity contribution in [3.63, 3.8) is 0 Å². The molecule has 0 saturated heterocycles. The standard InChI is InChI=1S/C18H24ClNO4/c1-5-15(20-17(22)24-18(2,3)4)9-7-13-6-8-14(19)12-16(13)23-11-10-21/h6,8,12,15,21H,5,10-11H2,1-4H3,(H,20,22)/t15-/m1/s1. The van der Waals surface area contributed by atoms with Gasteiger partial charge in [-0.2, -0.15) is 0 Å². The Morgan fingerprint density at radius 1 is 1.42 bits per heavy atom. The molecule has 0 aliphatic rings. The van der Waals surface area contributed by atoms with Gasteiger partial charge in [-0.05, 0) is 39.3 Å². The fourth-order valence-electron chi connectivity index (χ4n) is 1.73. The van der Waals surface area contributed by atoms with Gasteiger partial charge < -0.3 is 19.9 Å². The van der Waals surface area contributed by atoms with Gasteiger partial charge in [0, 0.05) is 11.1 Å². The molecule has 0 fully saturated rings. The predicted molar refractivity (Wildman–Crippen MR) is 94.4 cm³/mol. The normalized spacial score (nSPS) is 11.9. The quantitative estimate of drug-likeness (QED) is 0.796. The number of nitrogens with one attached hydrogen (secondary N) is 1. The molecule has 1 aromatic carbocycles. The summed E-state index contributed by atoms with van der Waals surface area (Å²) in [7, 11) is 0. The second-order valence-electron chi connectivity index (χ2n) is 6.09. The number of carbonyl (C=O) groups excluding carboxylic acids is 1. The zero-order chi connectivity index (χ0) is 18.2. The lowest BCUT2D eigenvalue weighted by Crippen LogP contribution is -2.38. The molecule has 2 N–H and O–H groups in total. The van der Waals surface area contributed by atoms with Crippen LogP contribution in [-0.2, 0) is 4.74 Å². The molecule has 24 heavy (non-hydrogen) atoms. The number of aliphatic hydroxyl groups excluding tert-OH is 1. The Labute approximate surface area is 148 Å². The average molecular weight is 354 g/mol. The van der Waals surface area contributed by atoms with E-state index in [0.29, 0.717) is 22.8 Å². The molecule has 1 atom stereocenters. The van der Waals surface area contributed by atoms with Gasteiger partial charge in [0.15, 0.2) is 0 Å². The molecule has 0 unspecified atom stereocenters. The van der Waals surface area contributed by atoms with Crippen LogP contribution in [0.15, 0.2) is 18.2 Å². The first-order chi connectivity index (χ1) is 11.2. The maximum Gasteiger partial charge on any atom is 0.408 e. The molecular weight excluding hydrogens is 330 g/mol. The Morgan fingerprint density at radius 3 is 2.71 bits per heavy atom. The van der Waals surface area contributed by atoms with Crippen LogP contribution < -0.4 is 10.1 Å². The first kappa shape index (κ1) is 20.1. The topological polar surface area (TPSA) is 67.8 Å². The van der Waals surface area contributed by atoms with Crippen LogP contribution in [0.2, 0.25) is 5.02 Å². The van der Waals surface area contributed by atoms with E-state index in [-0.39, 0.29) is 19.3 Å². The molecule has 0 aliphatic heterocycles. The number of alkyl carbamates (subject to hydrolysis) is 1. The molecule has 0 saturated carbocycles. The summed E-state index contributed by atoms with van der Waals surface area (Å²) in [5, 5.41) is 12.1. The summed E-state index contributed by atoms with van der Waals surface area (Å²) < 4.78 is 10.7. The molecule has 0 radical (unpaired) electrons. The zero-order valence-corrected chi connectivity index (χ0v) is 15.2. The molecule has 0 bridgehead atoms. The summed E-state index contributed by atoms with van der Waals surface area (Å²) in [5.74, 6) is 6.47. The van der Waals surface area contributed by atoms with Gasteiger partial charge in [-0.15, -0.1) is 0 Å². The van der Waals surface area contributed by atoms with Crippen molar-refractivity contribution in [3.8, 4) is 17.6 Å². The van der Waals surface area contributed by atoms with E-state index in [2.05, 4.69) is 17.2 Å². The van der Waals surface area contributed by atoms with E-state index in [9.17, 15) is 4.79 Å². The summed E-state index contributed by atoms with van der Waals surface area (Å²) >= 11 is 5.95. The summed E-state index contributed by atoms with van der Waals surface area (Å²) in [6.07, 6.45) is 0.128. The summed E-state index contributed by atoms with van der Waals surface area (Å²) in [4.78, 5) is 11.8. The summed E-state index contributed by atoms with van der Waals surface area (Å²) in [6, 6.07) is 4.74. The second-order valence-corrected chi connectivity index (χ2v) is 6.53. The van der Waals surface area contributed by atoms with Crippen LogP contribution in [0.5, 0.6) is 5.75 Å². The summed E-state index contributed by atoms with van der Waals surface area (Å²) in [6.45, 7) is 7.38. The van der Waals surface area contributed by atoms with Gasteiger partial charge in [0.2, 0.25) is 0 Å². The fourth-order valence-corrected chi connectivity index (χ4v) is 1.89. The SMILES string of the molecule is CC[C@H](C#Cc1ccc(Cl)cc1OCCO)NC(=O)OC(C)(C)C. The molecule has 1 rings (SSSR count). The molecule has 0 spiro atoms. The molecule has 0 heterocycles. The first-order valence-corrected chi connectivity index (χ1v) is 8.17. The van der Waals surface area contributed by atoms with E-state index >= 15 is 0 Å². The Morgan fingerprint density at radius 2 is 2.12 bits per heavy atom. The van der Waals surface area contributed by atoms with Crippen LogP contribution in [0.4, 0.5) is 4.79 Å². The van der Waals surface area contributed by atoms with Gasteiger partial charge in [-0.3, -0.25) is 0 Å². The van der Waals surface area contributed by atoms with Crippen LogP contribution in [0, 0.1) is 11.8 Å². The van der Waals surface area contributed by atoms with E-state index < -0.39 is 11.7 Å². The number of hydrogen-bond acceptors (Lipinski definition) is 4. The molecule has 5 nitrogen and oxygen atoms in total. The van der Waals surface area contributed by atoms with Crippen molar-refractivity contribution in [2.24, 2.45) is 0 Å². The third-order valence-corrected chi connectivity index (χ3v) is 3.01. The maximum atomic E-state index is 11.8. The van der Waals surface area contributed by atoms with Crippen LogP contribution >= 0.6 is 11.6 Å². The second kappa shape index (κ2) is 9.41. The molecule has 6 heteroatoms. The monoisotopic (exact) mass is 353 g/mol. The largest absolute Gasteiger partial charge is 0.490 e. The van der Waals surface area contributed by atoms with Gasteiger partial charge >= 0.3 is 6.09 Å². The van der Waals surface area contributed by atoms with Gasteiger partial charge in [0.05, 0.1) is 18.2 Å². The van der Waals surface area contributed by atoms with Crippen molar-refractivity contribution in [1.29, 1.82) is 0 Å². The number of amides is 1. The lowest BCUT2D eigenvalue weighted by atomic mass is 10.1. The smallest absolute Gasteiger partial charge is 0.408 e. The Kier molecular flexibility index (Phi) is 7.90. The number of benzene rings is 1. The molecule has 1 aromatic rings. The number of hydrogen-bond donors (Lipinski definition) is 2. The third-order valence-electron chi connectivity index (χ3n) is 2.77. The number of aliphatic hydroxyl groups is 1. The van der Waals surface area contributed by atoms with Crippen molar-refractivity contribution in [2.75, 3.05) is 13.2 Å². The van der Waals surface area contributed by atoms with E-state index in [1.54, 1.807) is 39.0 Å². The van der Waals surface area contributed by atoms with Crippen molar-refractivity contribution in [3.05, 3.63) is 28.8 Å². The van der Waals surface area contributed by atoms with Crippen molar-refractivity contribution in [1.82, 2.24) is 5.32 Å². The van der Waals surface area contributed by atoms with E-state index in [0.717, 1.165) is 0 Å². The lowest BCUT2D eigenvalue weighted by Gasteiger charge is -2.21. The minimum atomic E-state index is -0.558. The van der Waals surface area contributed by atoms with E-state index in [1.807, 2.05) is 6.92 Å². The number of rotatable bonds is 5. The first-order valence-electron chi connectivity index (χ1n) is 7.79. The Hall–Kier alpha value is -1.90. The van der Waals surface area contributed by atoms with Crippen molar-refractivity contribution in [2.45, 2.75) is 45.8 Å². The summed E-state index contributed by atoms with van der Waals surface area (Å²) in [5.41, 5.74) is 0.0781. The highest BCUT2D eigenvalue weighted by atomic mass is 35.5. The molecule has 0 aliphatic carbocycles. The van der Waals surface area contributed by atoms with Crippen LogP contribution in [0.1, 0.15) is 39.7 Å². The van der Waals surface area contributed by atoms with Gasteiger partial charge in [-0.1, -0.05) is 30.4 Å². The molecular formula is C18H24ClNO4. The van der Waals surface area contributed by atoms with Gasteiger partial charge in [-0.25, -0.2) is 4.79 Å². The minimum absolute atomic E-state index is 0.100. The number of ether oxygens (including phenoxy) is 2. The third kappa shape index (κ3) is 7.58. The molecule has 132 valence electrons. The van der Waals surface area contributed by atoms with Crippen LogP contribution in [0.25, 0.3) is 0 Å². The van der Waals surface area contributed by atoms with Gasteiger partial charge in [0.25, 0.3) is 0 Å². The highest BCUT2D eigenvalue weighted by molar-refractivity contribution is 6.30.